The molecule has 0 bridgehead atoms. The van der Waals surface area contributed by atoms with Crippen LogP contribution in [0.1, 0.15) is 39.4 Å². The molecule has 1 aromatic rings. The molecular weight excluding hydrogens is 259 g/mol. The van der Waals surface area contributed by atoms with Crippen molar-refractivity contribution in [3.63, 3.8) is 0 Å². The van der Waals surface area contributed by atoms with Gasteiger partial charge in [-0.25, -0.2) is 4.79 Å². The summed E-state index contributed by atoms with van der Waals surface area (Å²) in [6.07, 6.45) is -1.51. The van der Waals surface area contributed by atoms with Crippen LogP contribution in [0.2, 0.25) is 0 Å². The van der Waals surface area contributed by atoms with Crippen molar-refractivity contribution in [2.75, 3.05) is 0 Å². The van der Waals surface area contributed by atoms with Crippen LogP contribution in [-0.4, -0.2) is 34.5 Å². The number of carbonyl (C=O) groups is 1. The first-order valence-electron chi connectivity index (χ1n) is 6.50. The molecule has 1 aliphatic heterocycles. The Balaban J connectivity index is 2.18. The Morgan fingerprint density at radius 1 is 1.10 bits per heavy atom. The summed E-state index contributed by atoms with van der Waals surface area (Å²) in [5.41, 5.74) is 0.288. The minimum Gasteiger partial charge on any atom is -0.479 e. The van der Waals surface area contributed by atoms with Gasteiger partial charge in [0, 0.05) is 0 Å². The molecule has 1 unspecified atom stereocenters. The van der Waals surface area contributed by atoms with E-state index in [-0.39, 0.29) is 0 Å². The normalized spacial score (nSPS) is 21.8. The van der Waals surface area contributed by atoms with E-state index in [1.165, 1.54) is 0 Å². The van der Waals surface area contributed by atoms with Gasteiger partial charge in [-0.1, -0.05) is 24.3 Å². The molecule has 1 aromatic carbocycles. The maximum absolute atomic E-state index is 10.7. The Bertz CT molecular complexity index is 493. The Morgan fingerprint density at radius 3 is 1.95 bits per heavy atom. The maximum Gasteiger partial charge on any atom is 0.494 e. The van der Waals surface area contributed by atoms with Crippen LogP contribution in [0.5, 0.6) is 0 Å². The zero-order valence-electron chi connectivity index (χ0n) is 12.1. The smallest absolute Gasteiger partial charge is 0.479 e. The molecule has 1 atom stereocenters. The van der Waals surface area contributed by atoms with Gasteiger partial charge in [0.15, 0.2) is 6.10 Å². The van der Waals surface area contributed by atoms with Crippen LogP contribution in [0.4, 0.5) is 0 Å². The number of hydrogen-bond acceptors (Lipinski definition) is 4. The minimum atomic E-state index is -1.51. The average Bonchev–Trinajstić information content (AvgIpc) is 2.57. The van der Waals surface area contributed by atoms with Crippen molar-refractivity contribution >= 4 is 18.6 Å². The summed E-state index contributed by atoms with van der Waals surface area (Å²) in [6.45, 7) is 7.87. The van der Waals surface area contributed by atoms with Gasteiger partial charge in [0.1, 0.15) is 0 Å². The molecule has 0 saturated carbocycles. The number of carboxylic acid groups (broad SMARTS) is 1. The van der Waals surface area contributed by atoms with Crippen molar-refractivity contribution in [1.82, 2.24) is 0 Å². The molecule has 2 N–H and O–H groups in total. The molecule has 0 aromatic heterocycles. The fourth-order valence-electron chi connectivity index (χ4n) is 1.96. The molecule has 1 heterocycles. The van der Waals surface area contributed by atoms with Crippen LogP contribution in [0.15, 0.2) is 24.3 Å². The topological polar surface area (TPSA) is 76.0 Å². The predicted molar refractivity (Wildman–Crippen MR) is 74.8 cm³/mol. The molecule has 2 rings (SSSR count). The van der Waals surface area contributed by atoms with E-state index in [2.05, 4.69) is 0 Å². The number of hydrogen-bond donors (Lipinski definition) is 2. The molecule has 6 heteroatoms. The third-order valence-electron chi connectivity index (χ3n) is 4.01. The Kier molecular flexibility index (Phi) is 3.66. The first-order valence-corrected chi connectivity index (χ1v) is 6.50. The van der Waals surface area contributed by atoms with Crippen LogP contribution in [0, 0.1) is 0 Å². The summed E-state index contributed by atoms with van der Waals surface area (Å²) in [5.74, 6) is -1.27. The molecular formula is C14H19BO5. The first-order chi connectivity index (χ1) is 9.14. The summed E-state index contributed by atoms with van der Waals surface area (Å²) in [6, 6.07) is 6.56. The van der Waals surface area contributed by atoms with Gasteiger partial charge >= 0.3 is 13.1 Å². The summed E-state index contributed by atoms with van der Waals surface area (Å²) in [5, 5.41) is 18.2. The quantitative estimate of drug-likeness (QED) is 0.810. The largest absolute Gasteiger partial charge is 0.494 e. The van der Waals surface area contributed by atoms with E-state index in [1.54, 1.807) is 24.3 Å². The van der Waals surface area contributed by atoms with Gasteiger partial charge in [0.05, 0.1) is 11.2 Å². The van der Waals surface area contributed by atoms with E-state index >= 15 is 0 Å². The molecule has 0 aliphatic carbocycles. The monoisotopic (exact) mass is 278 g/mol. The van der Waals surface area contributed by atoms with Gasteiger partial charge in [-0.15, -0.1) is 0 Å². The van der Waals surface area contributed by atoms with Crippen molar-refractivity contribution < 1.29 is 24.3 Å². The van der Waals surface area contributed by atoms with Crippen molar-refractivity contribution in [2.24, 2.45) is 0 Å². The molecule has 0 spiro atoms. The van der Waals surface area contributed by atoms with Crippen molar-refractivity contribution in [3.05, 3.63) is 29.8 Å². The number of aliphatic carboxylic acids is 1. The van der Waals surface area contributed by atoms with E-state index in [0.29, 0.717) is 5.56 Å². The van der Waals surface area contributed by atoms with Crippen molar-refractivity contribution in [3.8, 4) is 0 Å². The number of aliphatic hydroxyl groups is 1. The number of rotatable bonds is 3. The molecule has 1 fully saturated rings. The third kappa shape index (κ3) is 2.59. The Labute approximate surface area is 118 Å². The second-order valence-corrected chi connectivity index (χ2v) is 6.00. The highest BCUT2D eigenvalue weighted by Gasteiger charge is 2.51. The fourth-order valence-corrected chi connectivity index (χ4v) is 1.96. The number of carboxylic acids is 1. The molecule has 5 nitrogen and oxygen atoms in total. The van der Waals surface area contributed by atoms with E-state index in [0.717, 1.165) is 5.46 Å². The summed E-state index contributed by atoms with van der Waals surface area (Å²) in [7, 11) is -0.490. The second kappa shape index (κ2) is 4.88. The maximum atomic E-state index is 10.7. The molecule has 1 saturated heterocycles. The lowest BCUT2D eigenvalue weighted by Gasteiger charge is -2.32. The van der Waals surface area contributed by atoms with Gasteiger partial charge in [-0.05, 0) is 38.7 Å². The highest BCUT2D eigenvalue weighted by molar-refractivity contribution is 6.62. The predicted octanol–water partition coefficient (Wildman–Crippen LogP) is 1.10. The Hall–Kier alpha value is -1.37. The third-order valence-corrected chi connectivity index (χ3v) is 4.01. The highest BCUT2D eigenvalue weighted by atomic mass is 16.7. The number of benzene rings is 1. The zero-order chi connectivity index (χ0) is 15.1. The lowest BCUT2D eigenvalue weighted by atomic mass is 9.78. The standard InChI is InChI=1S/C14H19BO5/c1-13(2)14(3,4)20-15(19-13)10-7-5-9(6-8-10)11(16)12(17)18/h5-8,11,16H,1-4H3,(H,17,18). The lowest BCUT2D eigenvalue weighted by molar-refractivity contribution is -0.146. The minimum absolute atomic E-state index is 0.331. The molecule has 1 aliphatic rings. The van der Waals surface area contributed by atoms with E-state index in [4.69, 9.17) is 14.4 Å². The fraction of sp³-hybridized carbons (Fsp3) is 0.500. The first kappa shape index (κ1) is 15.0. The van der Waals surface area contributed by atoms with E-state index in [9.17, 15) is 9.90 Å². The van der Waals surface area contributed by atoms with Crippen LogP contribution in [0.25, 0.3) is 0 Å². The average molecular weight is 278 g/mol. The summed E-state index contributed by atoms with van der Waals surface area (Å²) >= 11 is 0. The molecule has 108 valence electrons. The van der Waals surface area contributed by atoms with Crippen LogP contribution in [0.3, 0.4) is 0 Å². The zero-order valence-corrected chi connectivity index (χ0v) is 12.1. The summed E-state index contributed by atoms with van der Waals surface area (Å²) < 4.78 is 11.8. The van der Waals surface area contributed by atoms with Crippen LogP contribution < -0.4 is 5.46 Å². The van der Waals surface area contributed by atoms with Gasteiger partial charge in [-0.2, -0.15) is 0 Å². The lowest BCUT2D eigenvalue weighted by Crippen LogP contribution is -2.41. The highest BCUT2D eigenvalue weighted by Crippen LogP contribution is 2.36. The second-order valence-electron chi connectivity index (χ2n) is 6.00. The van der Waals surface area contributed by atoms with Crippen molar-refractivity contribution in [1.29, 1.82) is 0 Å². The van der Waals surface area contributed by atoms with Gasteiger partial charge in [0.2, 0.25) is 0 Å². The number of aliphatic hydroxyl groups excluding tert-OH is 1. The van der Waals surface area contributed by atoms with Crippen LogP contribution in [-0.2, 0) is 14.1 Å². The SMILES string of the molecule is CC1(C)OB(c2ccc(C(O)C(=O)O)cc2)OC1(C)C. The molecule has 0 radical (unpaired) electrons. The van der Waals surface area contributed by atoms with Gasteiger partial charge < -0.3 is 19.5 Å². The Morgan fingerprint density at radius 2 is 1.55 bits per heavy atom. The van der Waals surface area contributed by atoms with Crippen LogP contribution >= 0.6 is 0 Å². The van der Waals surface area contributed by atoms with E-state index in [1.807, 2.05) is 27.7 Å². The van der Waals surface area contributed by atoms with Crippen molar-refractivity contribution in [2.45, 2.75) is 45.0 Å². The van der Waals surface area contributed by atoms with Gasteiger partial charge in [0.25, 0.3) is 0 Å². The van der Waals surface area contributed by atoms with Gasteiger partial charge in [-0.3, -0.25) is 0 Å². The summed E-state index contributed by atoms with van der Waals surface area (Å²) in [4.78, 5) is 10.7. The molecule has 20 heavy (non-hydrogen) atoms. The van der Waals surface area contributed by atoms with E-state index < -0.39 is 30.4 Å². The molecule has 0 amide bonds.